The van der Waals surface area contributed by atoms with Crippen LogP contribution in [0.3, 0.4) is 0 Å². The van der Waals surface area contributed by atoms with Gasteiger partial charge >= 0.3 is 5.69 Å². The van der Waals surface area contributed by atoms with Gasteiger partial charge in [0.1, 0.15) is 0 Å². The van der Waals surface area contributed by atoms with Crippen molar-refractivity contribution < 1.29 is 9.32 Å². The third-order valence-corrected chi connectivity index (χ3v) is 3.68. The molecule has 0 aromatic carbocycles. The van der Waals surface area contributed by atoms with Crippen LogP contribution in [0.4, 0.5) is 0 Å². The molecule has 2 aromatic heterocycles. The molecular weight excluding hydrogens is 272 g/mol. The number of nitrogens with one attached hydrogen (secondary N) is 1. The molecule has 1 fully saturated rings. The number of aryl methyl sites for hydroxylation is 1. The molecule has 0 radical (unpaired) electrons. The van der Waals surface area contributed by atoms with Gasteiger partial charge < -0.3 is 14.4 Å². The van der Waals surface area contributed by atoms with Gasteiger partial charge in [0.05, 0.1) is 5.69 Å². The van der Waals surface area contributed by atoms with Gasteiger partial charge in [-0.15, -0.1) is 0 Å². The molecule has 1 amide bonds. The number of amides is 1. The van der Waals surface area contributed by atoms with Crippen LogP contribution in [0.25, 0.3) is 0 Å². The predicted molar refractivity (Wildman–Crippen MR) is 74.0 cm³/mol. The van der Waals surface area contributed by atoms with Gasteiger partial charge in [-0.1, -0.05) is 5.16 Å². The van der Waals surface area contributed by atoms with Crippen molar-refractivity contribution in [3.63, 3.8) is 0 Å². The fraction of sp³-hybridized carbons (Fsp3) is 0.429. The molecule has 110 valence electrons. The number of aromatic nitrogens is 3. The number of carbonyl (C=O) groups excluding carboxylic acids is 1. The topological polar surface area (TPSA) is 92.1 Å². The fourth-order valence-corrected chi connectivity index (χ4v) is 2.66. The van der Waals surface area contributed by atoms with Crippen LogP contribution < -0.4 is 5.69 Å². The van der Waals surface area contributed by atoms with Gasteiger partial charge in [0.25, 0.3) is 5.91 Å². The van der Waals surface area contributed by atoms with Crippen molar-refractivity contribution in [2.75, 3.05) is 13.1 Å². The molecule has 0 spiro atoms. The van der Waals surface area contributed by atoms with Crippen molar-refractivity contribution in [1.82, 2.24) is 20.0 Å². The second kappa shape index (κ2) is 5.51. The zero-order chi connectivity index (χ0) is 14.8. The highest BCUT2D eigenvalue weighted by Gasteiger charge is 2.27. The van der Waals surface area contributed by atoms with Crippen molar-refractivity contribution in [1.29, 1.82) is 0 Å². The molecule has 2 aromatic rings. The minimum Gasteiger partial charge on any atom is -0.351 e. The number of hydrogen-bond donors (Lipinski definition) is 1. The molecular formula is C14H16N4O3. The highest BCUT2D eigenvalue weighted by Crippen LogP contribution is 2.25. The normalized spacial score (nSPS) is 18.7. The summed E-state index contributed by atoms with van der Waals surface area (Å²) in [6.45, 7) is 3.02. The summed E-state index contributed by atoms with van der Waals surface area (Å²) >= 11 is 0. The molecule has 1 atom stereocenters. The molecule has 0 aliphatic carbocycles. The van der Waals surface area contributed by atoms with Crippen LogP contribution in [-0.2, 0) is 0 Å². The summed E-state index contributed by atoms with van der Waals surface area (Å²) in [7, 11) is 0. The van der Waals surface area contributed by atoms with E-state index in [1.807, 2.05) is 0 Å². The molecule has 21 heavy (non-hydrogen) atoms. The van der Waals surface area contributed by atoms with E-state index in [1.165, 1.54) is 6.20 Å². The van der Waals surface area contributed by atoms with Gasteiger partial charge in [-0.2, -0.15) is 0 Å². The fourth-order valence-electron chi connectivity index (χ4n) is 2.66. The minimum absolute atomic E-state index is 0.113. The largest absolute Gasteiger partial charge is 0.351 e. The Morgan fingerprint density at radius 3 is 3.10 bits per heavy atom. The van der Waals surface area contributed by atoms with Crippen molar-refractivity contribution in [2.24, 2.45) is 0 Å². The maximum atomic E-state index is 12.4. The molecule has 7 nitrogen and oxygen atoms in total. The second-order valence-corrected chi connectivity index (χ2v) is 5.25. The van der Waals surface area contributed by atoms with E-state index in [0.29, 0.717) is 18.8 Å². The summed E-state index contributed by atoms with van der Waals surface area (Å²) in [4.78, 5) is 31.8. The van der Waals surface area contributed by atoms with E-state index in [9.17, 15) is 9.59 Å². The predicted octanol–water partition coefficient (Wildman–Crippen LogP) is 1.09. The smallest absolute Gasteiger partial charge is 0.345 e. The Bertz CT molecular complexity index is 706. The lowest BCUT2D eigenvalue weighted by Gasteiger charge is -2.31. The maximum absolute atomic E-state index is 12.4. The summed E-state index contributed by atoms with van der Waals surface area (Å²) in [5.41, 5.74) is 1.15. The molecule has 3 heterocycles. The molecule has 1 saturated heterocycles. The Morgan fingerprint density at radius 2 is 2.38 bits per heavy atom. The summed E-state index contributed by atoms with van der Waals surface area (Å²) in [5.74, 6) is 0.218. The van der Waals surface area contributed by atoms with Gasteiger partial charge in [0.15, 0.2) is 0 Å². The van der Waals surface area contributed by atoms with E-state index >= 15 is 0 Å². The van der Waals surface area contributed by atoms with Crippen molar-refractivity contribution in [2.45, 2.75) is 25.7 Å². The third kappa shape index (κ3) is 2.86. The first kappa shape index (κ1) is 13.5. The molecule has 3 rings (SSSR count). The second-order valence-electron chi connectivity index (χ2n) is 5.25. The summed E-state index contributed by atoms with van der Waals surface area (Å²) in [5, 5.41) is 3.74. The number of H-pyrrole nitrogens is 1. The molecule has 0 saturated carbocycles. The number of aromatic amines is 1. The number of hydrogen-bond acceptors (Lipinski definition) is 5. The highest BCUT2D eigenvalue weighted by molar-refractivity contribution is 5.91. The third-order valence-electron chi connectivity index (χ3n) is 3.68. The number of carbonyl (C=O) groups is 1. The zero-order valence-electron chi connectivity index (χ0n) is 11.7. The van der Waals surface area contributed by atoms with Crippen LogP contribution >= 0.6 is 0 Å². The van der Waals surface area contributed by atoms with E-state index in [1.54, 1.807) is 24.0 Å². The van der Waals surface area contributed by atoms with Crippen LogP contribution in [0.2, 0.25) is 0 Å². The van der Waals surface area contributed by atoms with E-state index in [-0.39, 0.29) is 23.3 Å². The molecule has 1 aliphatic heterocycles. The van der Waals surface area contributed by atoms with Gasteiger partial charge in [0.2, 0.25) is 5.76 Å². The SMILES string of the molecule is Cc1cc(C(=O)N2CCCC(c3ccnc(=O)[nH]3)C2)on1. The quantitative estimate of drug-likeness (QED) is 0.893. The Morgan fingerprint density at radius 1 is 1.52 bits per heavy atom. The van der Waals surface area contributed by atoms with Crippen molar-refractivity contribution in [3.05, 3.63) is 46.0 Å². The van der Waals surface area contributed by atoms with E-state index in [2.05, 4.69) is 15.1 Å². The van der Waals surface area contributed by atoms with Gasteiger partial charge in [-0.3, -0.25) is 4.79 Å². The number of rotatable bonds is 2. The first-order valence-corrected chi connectivity index (χ1v) is 6.91. The highest BCUT2D eigenvalue weighted by atomic mass is 16.5. The Labute approximate surface area is 121 Å². The lowest BCUT2D eigenvalue weighted by Crippen LogP contribution is -2.39. The standard InChI is InChI=1S/C14H16N4O3/c1-9-7-12(21-17-9)13(19)18-6-2-3-10(8-18)11-4-5-15-14(20)16-11/h4-5,7,10H,2-3,6,8H2,1H3,(H,15,16,20). The van der Waals surface area contributed by atoms with Crippen molar-refractivity contribution in [3.8, 4) is 0 Å². The van der Waals surface area contributed by atoms with Crippen LogP contribution in [0.5, 0.6) is 0 Å². The van der Waals surface area contributed by atoms with Gasteiger partial charge in [-0.05, 0) is 25.8 Å². The van der Waals surface area contributed by atoms with Crippen LogP contribution in [0.1, 0.15) is 40.7 Å². The molecule has 1 aliphatic rings. The van der Waals surface area contributed by atoms with E-state index in [4.69, 9.17) is 4.52 Å². The van der Waals surface area contributed by atoms with Gasteiger partial charge in [-0.25, -0.2) is 9.78 Å². The first-order chi connectivity index (χ1) is 10.1. The first-order valence-electron chi connectivity index (χ1n) is 6.91. The van der Waals surface area contributed by atoms with E-state index < -0.39 is 0 Å². The monoisotopic (exact) mass is 288 g/mol. The van der Waals surface area contributed by atoms with E-state index in [0.717, 1.165) is 18.5 Å². The zero-order valence-corrected chi connectivity index (χ0v) is 11.7. The van der Waals surface area contributed by atoms with Gasteiger partial charge in [0, 0.05) is 37.0 Å². The average molecular weight is 288 g/mol. The molecule has 1 N–H and O–H groups in total. The van der Waals surface area contributed by atoms with Crippen LogP contribution in [-0.4, -0.2) is 39.0 Å². The summed E-state index contributed by atoms with van der Waals surface area (Å²) < 4.78 is 5.03. The maximum Gasteiger partial charge on any atom is 0.345 e. The van der Waals surface area contributed by atoms with Crippen molar-refractivity contribution >= 4 is 5.91 Å². The number of nitrogens with zero attached hydrogens (tertiary/aromatic N) is 3. The minimum atomic E-state index is -0.359. The van der Waals surface area contributed by atoms with Crippen LogP contribution in [0.15, 0.2) is 27.6 Å². The summed E-state index contributed by atoms with van der Waals surface area (Å²) in [6, 6.07) is 3.43. The molecule has 0 bridgehead atoms. The number of likely N-dealkylation sites (tertiary alicyclic amines) is 1. The average Bonchev–Trinajstić information content (AvgIpc) is 2.93. The Hall–Kier alpha value is -2.44. The summed E-state index contributed by atoms with van der Waals surface area (Å²) in [6.07, 6.45) is 3.31. The lowest BCUT2D eigenvalue weighted by molar-refractivity contribution is 0.0663. The lowest BCUT2D eigenvalue weighted by atomic mass is 9.94. The van der Waals surface area contributed by atoms with Crippen LogP contribution in [0, 0.1) is 6.92 Å². The molecule has 7 heteroatoms. The Balaban J connectivity index is 1.77. The molecule has 1 unspecified atom stereocenters. The Kier molecular flexibility index (Phi) is 3.55. The number of piperidine rings is 1.